The topological polar surface area (TPSA) is 57.6 Å². The minimum atomic E-state index is -0.985. The van der Waals surface area contributed by atoms with E-state index in [1.54, 1.807) is 0 Å². The maximum Gasteiger partial charge on any atom is 0.326 e. The minimum Gasteiger partial charge on any atom is -0.480 e. The second-order valence-electron chi connectivity index (χ2n) is 4.50. The number of benzene rings is 1. The summed E-state index contributed by atoms with van der Waals surface area (Å²) in [5.74, 6) is -1.13. The van der Waals surface area contributed by atoms with Gasteiger partial charge < -0.3 is 10.0 Å². The van der Waals surface area contributed by atoms with Crippen molar-refractivity contribution < 1.29 is 14.7 Å². The van der Waals surface area contributed by atoms with Gasteiger partial charge in [0.25, 0.3) is 0 Å². The summed E-state index contributed by atoms with van der Waals surface area (Å²) in [4.78, 5) is 23.8. The van der Waals surface area contributed by atoms with Crippen molar-refractivity contribution in [1.29, 1.82) is 0 Å². The molecule has 0 heterocycles. The Morgan fingerprint density at radius 1 is 1.28 bits per heavy atom. The Morgan fingerprint density at radius 2 is 1.83 bits per heavy atom. The van der Waals surface area contributed by atoms with Crippen LogP contribution in [-0.2, 0) is 16.0 Å². The SMILES string of the molecule is Cc1ccc(CCC(=O)N(C)C(C)C(=O)O)cc1. The molecule has 1 atom stereocenters. The summed E-state index contributed by atoms with van der Waals surface area (Å²) < 4.78 is 0. The van der Waals surface area contributed by atoms with E-state index in [0.717, 1.165) is 5.56 Å². The van der Waals surface area contributed by atoms with E-state index in [2.05, 4.69) is 0 Å². The quantitative estimate of drug-likeness (QED) is 0.866. The largest absolute Gasteiger partial charge is 0.480 e. The second-order valence-corrected chi connectivity index (χ2v) is 4.50. The third-order valence-corrected chi connectivity index (χ3v) is 3.08. The molecule has 1 amide bonds. The lowest BCUT2D eigenvalue weighted by Gasteiger charge is -2.21. The average Bonchev–Trinajstić information content (AvgIpc) is 2.35. The summed E-state index contributed by atoms with van der Waals surface area (Å²) in [7, 11) is 1.52. The van der Waals surface area contributed by atoms with Gasteiger partial charge in [0.1, 0.15) is 6.04 Å². The fraction of sp³-hybridized carbons (Fsp3) is 0.429. The number of carbonyl (C=O) groups is 2. The molecule has 1 unspecified atom stereocenters. The van der Waals surface area contributed by atoms with Crippen LogP contribution in [0.3, 0.4) is 0 Å². The molecule has 98 valence electrons. The van der Waals surface area contributed by atoms with Crippen molar-refractivity contribution in [2.24, 2.45) is 0 Å². The molecule has 18 heavy (non-hydrogen) atoms. The Hall–Kier alpha value is -1.84. The van der Waals surface area contributed by atoms with Crippen LogP contribution in [0.4, 0.5) is 0 Å². The number of hydrogen-bond donors (Lipinski definition) is 1. The predicted octanol–water partition coefficient (Wildman–Crippen LogP) is 1.86. The Balaban J connectivity index is 2.50. The van der Waals surface area contributed by atoms with Crippen molar-refractivity contribution in [3.05, 3.63) is 35.4 Å². The molecule has 0 saturated carbocycles. The van der Waals surface area contributed by atoms with Gasteiger partial charge >= 0.3 is 5.97 Å². The monoisotopic (exact) mass is 249 g/mol. The second kappa shape index (κ2) is 6.19. The van der Waals surface area contributed by atoms with Crippen molar-refractivity contribution in [1.82, 2.24) is 4.90 Å². The average molecular weight is 249 g/mol. The molecular weight excluding hydrogens is 230 g/mol. The summed E-state index contributed by atoms with van der Waals surface area (Å²) in [6.45, 7) is 3.52. The highest BCUT2D eigenvalue weighted by Gasteiger charge is 2.20. The van der Waals surface area contributed by atoms with Crippen LogP contribution in [0.15, 0.2) is 24.3 Å². The molecule has 4 nitrogen and oxygen atoms in total. The van der Waals surface area contributed by atoms with E-state index >= 15 is 0 Å². The zero-order valence-corrected chi connectivity index (χ0v) is 11.0. The van der Waals surface area contributed by atoms with Crippen LogP contribution in [-0.4, -0.2) is 35.0 Å². The van der Waals surface area contributed by atoms with Gasteiger partial charge in [-0.25, -0.2) is 4.79 Å². The Bertz CT molecular complexity index is 425. The van der Waals surface area contributed by atoms with Gasteiger partial charge in [-0.05, 0) is 25.8 Å². The van der Waals surface area contributed by atoms with Crippen LogP contribution >= 0.6 is 0 Å². The number of carboxylic acid groups (broad SMARTS) is 1. The van der Waals surface area contributed by atoms with Crippen LogP contribution < -0.4 is 0 Å². The lowest BCUT2D eigenvalue weighted by Crippen LogP contribution is -2.40. The zero-order valence-electron chi connectivity index (χ0n) is 11.0. The van der Waals surface area contributed by atoms with Crippen molar-refractivity contribution in [3.8, 4) is 0 Å². The first kappa shape index (κ1) is 14.2. The number of likely N-dealkylation sites (N-methyl/N-ethyl adjacent to an activating group) is 1. The number of carboxylic acids is 1. The molecular formula is C14H19NO3. The Kier molecular flexibility index (Phi) is 4.89. The predicted molar refractivity (Wildman–Crippen MR) is 69.4 cm³/mol. The fourth-order valence-corrected chi connectivity index (χ4v) is 1.56. The molecule has 1 N–H and O–H groups in total. The summed E-state index contributed by atoms with van der Waals surface area (Å²) in [5, 5.41) is 8.82. The van der Waals surface area contributed by atoms with E-state index in [4.69, 9.17) is 5.11 Å². The maximum absolute atomic E-state index is 11.8. The van der Waals surface area contributed by atoms with Crippen LogP contribution in [0.5, 0.6) is 0 Å². The number of nitrogens with zero attached hydrogens (tertiary/aromatic N) is 1. The molecule has 0 bridgehead atoms. The van der Waals surface area contributed by atoms with E-state index in [9.17, 15) is 9.59 Å². The van der Waals surface area contributed by atoms with Crippen LogP contribution in [0, 0.1) is 6.92 Å². The maximum atomic E-state index is 11.8. The minimum absolute atomic E-state index is 0.148. The lowest BCUT2D eigenvalue weighted by molar-refractivity contribution is -0.148. The Morgan fingerprint density at radius 3 is 2.33 bits per heavy atom. The molecule has 0 spiro atoms. The van der Waals surface area contributed by atoms with Gasteiger partial charge in [-0.3, -0.25) is 4.79 Å². The van der Waals surface area contributed by atoms with Gasteiger partial charge in [-0.15, -0.1) is 0 Å². The van der Waals surface area contributed by atoms with Crippen molar-refractivity contribution in [3.63, 3.8) is 0 Å². The molecule has 1 aromatic carbocycles. The van der Waals surface area contributed by atoms with E-state index in [-0.39, 0.29) is 5.91 Å². The van der Waals surface area contributed by atoms with Crippen molar-refractivity contribution >= 4 is 11.9 Å². The van der Waals surface area contributed by atoms with E-state index in [1.165, 1.54) is 24.4 Å². The van der Waals surface area contributed by atoms with E-state index in [0.29, 0.717) is 12.8 Å². The van der Waals surface area contributed by atoms with Gasteiger partial charge in [-0.1, -0.05) is 29.8 Å². The summed E-state index contributed by atoms with van der Waals surface area (Å²) in [6, 6.07) is 7.20. The highest BCUT2D eigenvalue weighted by molar-refractivity contribution is 5.83. The normalized spacial score (nSPS) is 11.9. The number of rotatable bonds is 5. The molecule has 0 aromatic heterocycles. The molecule has 0 aliphatic heterocycles. The van der Waals surface area contributed by atoms with Gasteiger partial charge in [0, 0.05) is 13.5 Å². The summed E-state index contributed by atoms with van der Waals surface area (Å²) in [6.07, 6.45) is 0.965. The highest BCUT2D eigenvalue weighted by Crippen LogP contribution is 2.08. The first-order chi connectivity index (χ1) is 8.41. The number of hydrogen-bond acceptors (Lipinski definition) is 2. The number of carbonyl (C=O) groups excluding carboxylic acids is 1. The number of aryl methyl sites for hydroxylation is 2. The van der Waals surface area contributed by atoms with Crippen LogP contribution in [0.25, 0.3) is 0 Å². The lowest BCUT2D eigenvalue weighted by atomic mass is 10.1. The summed E-state index contributed by atoms with van der Waals surface area (Å²) in [5.41, 5.74) is 2.27. The molecule has 0 fully saturated rings. The van der Waals surface area contributed by atoms with Gasteiger partial charge in [0.2, 0.25) is 5.91 Å². The molecule has 1 aromatic rings. The van der Waals surface area contributed by atoms with E-state index in [1.807, 2.05) is 31.2 Å². The van der Waals surface area contributed by atoms with Crippen LogP contribution in [0.1, 0.15) is 24.5 Å². The first-order valence-electron chi connectivity index (χ1n) is 5.96. The highest BCUT2D eigenvalue weighted by atomic mass is 16.4. The van der Waals surface area contributed by atoms with Gasteiger partial charge in [0.05, 0.1) is 0 Å². The zero-order chi connectivity index (χ0) is 13.7. The first-order valence-corrected chi connectivity index (χ1v) is 5.96. The third kappa shape index (κ3) is 3.87. The molecule has 4 heteroatoms. The van der Waals surface area contributed by atoms with Crippen molar-refractivity contribution in [2.45, 2.75) is 32.7 Å². The standard InChI is InChI=1S/C14H19NO3/c1-10-4-6-12(7-5-10)8-9-13(16)15(3)11(2)14(17)18/h4-7,11H,8-9H2,1-3H3,(H,17,18). The smallest absolute Gasteiger partial charge is 0.326 e. The van der Waals surface area contributed by atoms with Crippen LogP contribution in [0.2, 0.25) is 0 Å². The number of aliphatic carboxylic acids is 1. The molecule has 1 rings (SSSR count). The third-order valence-electron chi connectivity index (χ3n) is 3.08. The molecule has 0 aliphatic rings. The molecule has 0 saturated heterocycles. The molecule has 0 radical (unpaired) electrons. The fourth-order valence-electron chi connectivity index (χ4n) is 1.56. The molecule has 0 aliphatic carbocycles. The van der Waals surface area contributed by atoms with Gasteiger partial charge in [-0.2, -0.15) is 0 Å². The Labute approximate surface area is 107 Å². The van der Waals surface area contributed by atoms with Gasteiger partial charge in [0.15, 0.2) is 0 Å². The number of amides is 1. The van der Waals surface area contributed by atoms with E-state index < -0.39 is 12.0 Å². The summed E-state index contributed by atoms with van der Waals surface area (Å²) >= 11 is 0. The van der Waals surface area contributed by atoms with Crippen molar-refractivity contribution in [2.75, 3.05) is 7.05 Å².